The average molecular weight is 290 g/mol. The fourth-order valence-corrected chi connectivity index (χ4v) is 2.70. The normalized spacial score (nSPS) is 25.1. The number of piperidine rings is 1. The van der Waals surface area contributed by atoms with Gasteiger partial charge >= 0.3 is 0 Å². The van der Waals surface area contributed by atoms with E-state index in [-0.39, 0.29) is 24.0 Å². The molecule has 0 radical (unpaired) electrons. The Kier molecular flexibility index (Phi) is 2.69. The molecular formula is C14H11FN2O4. The van der Waals surface area contributed by atoms with Crippen molar-refractivity contribution in [3.05, 3.63) is 35.1 Å². The Labute approximate surface area is 118 Å². The molecule has 1 aromatic carbocycles. The molecule has 1 fully saturated rings. The summed E-state index contributed by atoms with van der Waals surface area (Å²) in [7, 11) is 0. The molecule has 7 heteroatoms. The van der Waals surface area contributed by atoms with Crippen LogP contribution in [0.15, 0.2) is 18.2 Å². The summed E-state index contributed by atoms with van der Waals surface area (Å²) >= 11 is 0. The summed E-state index contributed by atoms with van der Waals surface area (Å²) in [6, 6.07) is 3.75. The lowest BCUT2D eigenvalue weighted by Crippen LogP contribution is -2.62. The van der Waals surface area contributed by atoms with Gasteiger partial charge in [0.2, 0.25) is 5.91 Å². The Morgan fingerprint density at radius 3 is 2.52 bits per heavy atom. The summed E-state index contributed by atoms with van der Waals surface area (Å²) in [6.45, 7) is 1.40. The number of benzene rings is 1. The lowest BCUT2D eigenvalue weighted by atomic mass is 9.89. The second-order valence-electron chi connectivity index (χ2n) is 5.26. The number of rotatable bonds is 1. The van der Waals surface area contributed by atoms with E-state index < -0.39 is 35.0 Å². The summed E-state index contributed by atoms with van der Waals surface area (Å²) in [6.07, 6.45) is 0.0306. The van der Waals surface area contributed by atoms with Crippen LogP contribution in [0.4, 0.5) is 4.39 Å². The number of carbonyl (C=O) groups is 4. The zero-order chi connectivity index (χ0) is 15.4. The SMILES string of the molecule is C[C@]1(N2C(=O)c3cccc(F)c3C2=O)CCC(=O)NC1=O. The molecule has 108 valence electrons. The molecule has 1 atom stereocenters. The van der Waals surface area contributed by atoms with Gasteiger partial charge in [0.25, 0.3) is 17.7 Å². The van der Waals surface area contributed by atoms with E-state index >= 15 is 0 Å². The van der Waals surface area contributed by atoms with Crippen LogP contribution in [-0.4, -0.2) is 34.1 Å². The first-order valence-corrected chi connectivity index (χ1v) is 6.38. The minimum Gasteiger partial charge on any atom is -0.294 e. The van der Waals surface area contributed by atoms with Crippen LogP contribution in [0.25, 0.3) is 0 Å². The van der Waals surface area contributed by atoms with Crippen LogP contribution in [0.3, 0.4) is 0 Å². The first kappa shape index (κ1) is 13.4. The zero-order valence-electron chi connectivity index (χ0n) is 11.1. The third-order valence-corrected chi connectivity index (χ3v) is 3.94. The minimum atomic E-state index is -1.49. The van der Waals surface area contributed by atoms with E-state index in [4.69, 9.17) is 0 Å². The number of carbonyl (C=O) groups excluding carboxylic acids is 4. The van der Waals surface area contributed by atoms with E-state index in [1.54, 1.807) is 0 Å². The van der Waals surface area contributed by atoms with Gasteiger partial charge in [-0.15, -0.1) is 0 Å². The van der Waals surface area contributed by atoms with E-state index in [9.17, 15) is 23.6 Å². The molecule has 2 aliphatic rings. The molecule has 1 saturated heterocycles. The van der Waals surface area contributed by atoms with Gasteiger partial charge in [-0.25, -0.2) is 4.39 Å². The molecule has 1 aromatic rings. The van der Waals surface area contributed by atoms with E-state index in [1.807, 2.05) is 0 Å². The average Bonchev–Trinajstić information content (AvgIpc) is 2.68. The van der Waals surface area contributed by atoms with E-state index in [0.29, 0.717) is 0 Å². The van der Waals surface area contributed by atoms with Gasteiger partial charge in [-0.3, -0.25) is 29.4 Å². The van der Waals surface area contributed by atoms with Crippen LogP contribution in [0, 0.1) is 5.82 Å². The van der Waals surface area contributed by atoms with Crippen molar-refractivity contribution in [2.24, 2.45) is 0 Å². The molecule has 3 rings (SSSR count). The van der Waals surface area contributed by atoms with Gasteiger partial charge in [-0.2, -0.15) is 0 Å². The third-order valence-electron chi connectivity index (χ3n) is 3.94. The van der Waals surface area contributed by atoms with Crippen LogP contribution in [-0.2, 0) is 9.59 Å². The van der Waals surface area contributed by atoms with Crippen LogP contribution < -0.4 is 5.32 Å². The Hall–Kier alpha value is -2.57. The van der Waals surface area contributed by atoms with Crippen molar-refractivity contribution in [2.45, 2.75) is 25.3 Å². The highest BCUT2D eigenvalue weighted by molar-refractivity contribution is 6.24. The topological polar surface area (TPSA) is 83.6 Å². The first-order chi connectivity index (χ1) is 9.86. The second-order valence-corrected chi connectivity index (χ2v) is 5.26. The molecule has 2 heterocycles. The maximum Gasteiger partial charge on any atom is 0.265 e. The lowest BCUT2D eigenvalue weighted by Gasteiger charge is -2.38. The smallest absolute Gasteiger partial charge is 0.265 e. The van der Waals surface area contributed by atoms with Crippen molar-refractivity contribution in [2.75, 3.05) is 0 Å². The number of hydrogen-bond donors (Lipinski definition) is 1. The summed E-state index contributed by atoms with van der Waals surface area (Å²) in [5.41, 5.74) is -1.88. The van der Waals surface area contributed by atoms with Gasteiger partial charge in [0, 0.05) is 6.42 Å². The van der Waals surface area contributed by atoms with Gasteiger partial charge in [0.1, 0.15) is 11.4 Å². The maximum absolute atomic E-state index is 13.8. The highest BCUT2D eigenvalue weighted by Crippen LogP contribution is 2.34. The van der Waals surface area contributed by atoms with Crippen molar-refractivity contribution in [3.63, 3.8) is 0 Å². The van der Waals surface area contributed by atoms with Crippen molar-refractivity contribution < 1.29 is 23.6 Å². The molecule has 0 aromatic heterocycles. The second kappa shape index (κ2) is 4.21. The predicted molar refractivity (Wildman–Crippen MR) is 67.7 cm³/mol. The standard InChI is InChI=1S/C14H11FN2O4/c1-14(6-5-9(18)16-13(14)21)17-11(19)7-3-2-4-8(15)10(7)12(17)20/h2-4H,5-6H2,1H3,(H,16,18,21)/t14-/m0/s1. The number of nitrogens with zero attached hydrogens (tertiary/aromatic N) is 1. The van der Waals surface area contributed by atoms with Crippen LogP contribution >= 0.6 is 0 Å². The number of fused-ring (bicyclic) bond motifs is 1. The molecule has 1 N–H and O–H groups in total. The van der Waals surface area contributed by atoms with Gasteiger partial charge in [-0.1, -0.05) is 6.07 Å². The molecule has 6 nitrogen and oxygen atoms in total. The summed E-state index contributed by atoms with van der Waals surface area (Å²) < 4.78 is 13.8. The molecule has 0 spiro atoms. The summed E-state index contributed by atoms with van der Waals surface area (Å²) in [5, 5.41) is 2.11. The number of imide groups is 2. The van der Waals surface area contributed by atoms with E-state index in [1.165, 1.54) is 19.1 Å². The van der Waals surface area contributed by atoms with Gasteiger partial charge in [-0.05, 0) is 25.5 Å². The van der Waals surface area contributed by atoms with E-state index in [2.05, 4.69) is 5.32 Å². The number of halogens is 1. The maximum atomic E-state index is 13.8. The Morgan fingerprint density at radius 1 is 1.19 bits per heavy atom. The molecule has 21 heavy (non-hydrogen) atoms. The predicted octanol–water partition coefficient (Wildman–Crippen LogP) is 0.617. The van der Waals surface area contributed by atoms with E-state index in [0.717, 1.165) is 11.0 Å². The minimum absolute atomic E-state index is 0.0120. The third kappa shape index (κ3) is 1.70. The molecule has 0 unspecified atom stereocenters. The van der Waals surface area contributed by atoms with Crippen molar-refractivity contribution >= 4 is 23.6 Å². The van der Waals surface area contributed by atoms with Gasteiger partial charge in [0.15, 0.2) is 0 Å². The lowest BCUT2D eigenvalue weighted by molar-refractivity contribution is -0.140. The zero-order valence-corrected chi connectivity index (χ0v) is 11.1. The molecule has 0 aliphatic carbocycles. The summed E-state index contributed by atoms with van der Waals surface area (Å²) in [5.74, 6) is -3.56. The van der Waals surface area contributed by atoms with Crippen LogP contribution in [0.2, 0.25) is 0 Å². The Morgan fingerprint density at radius 2 is 1.90 bits per heavy atom. The summed E-state index contributed by atoms with van der Waals surface area (Å²) in [4.78, 5) is 48.8. The number of hydrogen-bond acceptors (Lipinski definition) is 4. The number of nitrogens with one attached hydrogen (secondary N) is 1. The largest absolute Gasteiger partial charge is 0.294 e. The van der Waals surface area contributed by atoms with Crippen molar-refractivity contribution in [1.29, 1.82) is 0 Å². The Bertz CT molecular complexity index is 715. The van der Waals surface area contributed by atoms with Crippen LogP contribution in [0.1, 0.15) is 40.5 Å². The van der Waals surface area contributed by atoms with Gasteiger partial charge in [0.05, 0.1) is 11.1 Å². The first-order valence-electron chi connectivity index (χ1n) is 6.38. The quantitative estimate of drug-likeness (QED) is 0.768. The van der Waals surface area contributed by atoms with Crippen LogP contribution in [0.5, 0.6) is 0 Å². The van der Waals surface area contributed by atoms with Crippen molar-refractivity contribution in [3.8, 4) is 0 Å². The Balaban J connectivity index is 2.08. The highest BCUT2D eigenvalue weighted by atomic mass is 19.1. The fourth-order valence-electron chi connectivity index (χ4n) is 2.70. The van der Waals surface area contributed by atoms with Gasteiger partial charge < -0.3 is 0 Å². The van der Waals surface area contributed by atoms with Crippen molar-refractivity contribution in [1.82, 2.24) is 10.2 Å². The molecular weight excluding hydrogens is 279 g/mol. The molecule has 0 bridgehead atoms. The highest BCUT2D eigenvalue weighted by Gasteiger charge is 2.53. The molecule has 2 aliphatic heterocycles. The fraction of sp³-hybridized carbons (Fsp3) is 0.286. The molecule has 4 amide bonds. The monoisotopic (exact) mass is 290 g/mol. The molecule has 0 saturated carbocycles. The number of amides is 4.